The van der Waals surface area contributed by atoms with Gasteiger partial charge < -0.3 is 19.9 Å². The molecule has 40 heavy (non-hydrogen) atoms. The van der Waals surface area contributed by atoms with E-state index in [0.717, 1.165) is 24.9 Å². The number of carbonyl (C=O) groups is 1. The van der Waals surface area contributed by atoms with Crippen LogP contribution in [0.1, 0.15) is 19.3 Å². The number of aromatic nitrogens is 4. The van der Waals surface area contributed by atoms with Crippen LogP contribution in [0.2, 0.25) is 0 Å². The Hall–Kier alpha value is -4.56. The second-order valence-electron chi connectivity index (χ2n) is 9.98. The summed E-state index contributed by atoms with van der Waals surface area (Å²) in [5.41, 5.74) is 2.19. The van der Waals surface area contributed by atoms with E-state index in [2.05, 4.69) is 20.4 Å². The van der Waals surface area contributed by atoms with Crippen LogP contribution in [0.4, 0.5) is 10.2 Å². The number of anilines is 1. The van der Waals surface area contributed by atoms with Crippen LogP contribution >= 0.6 is 0 Å². The van der Waals surface area contributed by atoms with Crippen molar-refractivity contribution in [3.63, 3.8) is 0 Å². The number of likely N-dealkylation sites (tertiary alicyclic amines) is 1. The van der Waals surface area contributed by atoms with E-state index in [1.807, 2.05) is 49.5 Å². The minimum absolute atomic E-state index is 0.0566. The highest BCUT2D eigenvalue weighted by Crippen LogP contribution is 2.32. The number of benzene rings is 1. The van der Waals surface area contributed by atoms with E-state index in [-0.39, 0.29) is 29.9 Å². The van der Waals surface area contributed by atoms with Crippen LogP contribution in [0, 0.1) is 17.1 Å². The predicted molar refractivity (Wildman–Crippen MR) is 149 cm³/mol. The number of pyridine rings is 1. The molecule has 1 saturated heterocycles. The lowest BCUT2D eigenvalue weighted by Crippen LogP contribution is -2.45. The fourth-order valence-corrected chi connectivity index (χ4v) is 4.71. The summed E-state index contributed by atoms with van der Waals surface area (Å²) < 4.78 is 23.6. The number of carbonyl (C=O) groups excluding carboxylic acids is 1. The van der Waals surface area contributed by atoms with Gasteiger partial charge >= 0.3 is 0 Å². The normalized spacial score (nSPS) is 15.3. The molecule has 206 valence electrons. The van der Waals surface area contributed by atoms with Gasteiger partial charge in [-0.05, 0) is 63.3 Å². The quantitative estimate of drug-likeness (QED) is 0.340. The van der Waals surface area contributed by atoms with Crippen molar-refractivity contribution in [2.24, 2.45) is 0 Å². The number of piperidine rings is 1. The van der Waals surface area contributed by atoms with Crippen molar-refractivity contribution in [2.45, 2.75) is 25.3 Å². The maximum atomic E-state index is 16.0. The van der Waals surface area contributed by atoms with Crippen LogP contribution in [0.25, 0.3) is 28.2 Å². The zero-order valence-electron chi connectivity index (χ0n) is 22.5. The Morgan fingerprint density at radius 1 is 1.23 bits per heavy atom. The van der Waals surface area contributed by atoms with Crippen LogP contribution in [-0.4, -0.2) is 81.7 Å². The first-order chi connectivity index (χ1) is 19.4. The van der Waals surface area contributed by atoms with E-state index in [4.69, 9.17) is 10.00 Å². The van der Waals surface area contributed by atoms with E-state index >= 15 is 4.39 Å². The summed E-state index contributed by atoms with van der Waals surface area (Å²) in [6, 6.07) is 14.5. The van der Waals surface area contributed by atoms with Crippen LogP contribution in [-0.2, 0) is 4.79 Å². The van der Waals surface area contributed by atoms with Crippen molar-refractivity contribution >= 4 is 17.2 Å². The standard InChI is InChI=1S/C29H31FN8O2/c1-36(2)16-17-40-22-10-8-20(9-11-22)27-26(30)29(33-21-6-5-14-37(19-21)25(39)12-13-31)35-28(34-27)23-18-32-38-15-4-3-7-24(23)38/h3-4,7-11,15,18,21H,5-6,12,14,16-17,19H2,1-2H3,(H,33,34,35)/t21-/m1/s1. The van der Waals surface area contributed by atoms with Crippen molar-refractivity contribution in [1.82, 2.24) is 29.4 Å². The molecule has 4 heterocycles. The SMILES string of the molecule is CN(C)CCOc1ccc(-c2nc(-c3cnn4ccccc34)nc(N[C@@H]3CCCN(C(=O)CC#N)C3)c2F)cc1. The van der Waals surface area contributed by atoms with E-state index in [9.17, 15) is 4.79 Å². The van der Waals surface area contributed by atoms with Crippen LogP contribution in [0.3, 0.4) is 0 Å². The number of halogens is 1. The Kier molecular flexibility index (Phi) is 8.17. The highest BCUT2D eigenvalue weighted by atomic mass is 19.1. The van der Waals surface area contributed by atoms with Gasteiger partial charge in [0.1, 0.15) is 24.5 Å². The average molecular weight is 543 g/mol. The molecule has 0 saturated carbocycles. The number of nitrogens with zero attached hydrogens (tertiary/aromatic N) is 7. The summed E-state index contributed by atoms with van der Waals surface area (Å²) in [7, 11) is 3.96. The van der Waals surface area contributed by atoms with Gasteiger partial charge in [-0.15, -0.1) is 0 Å². The monoisotopic (exact) mass is 542 g/mol. The first-order valence-electron chi connectivity index (χ1n) is 13.2. The number of nitrogens with one attached hydrogen (secondary N) is 1. The van der Waals surface area contributed by atoms with Gasteiger partial charge in [0.2, 0.25) is 5.91 Å². The zero-order chi connectivity index (χ0) is 28.1. The second kappa shape index (κ2) is 12.1. The van der Waals surface area contributed by atoms with Gasteiger partial charge in [-0.25, -0.2) is 18.9 Å². The van der Waals surface area contributed by atoms with Crippen LogP contribution in [0.15, 0.2) is 54.9 Å². The summed E-state index contributed by atoms with van der Waals surface area (Å²) in [6.45, 7) is 2.26. The number of hydrogen-bond donors (Lipinski definition) is 1. The van der Waals surface area contributed by atoms with Crippen molar-refractivity contribution in [3.05, 3.63) is 60.7 Å². The Balaban J connectivity index is 1.49. The smallest absolute Gasteiger partial charge is 0.236 e. The molecule has 0 radical (unpaired) electrons. The van der Waals surface area contributed by atoms with Gasteiger partial charge in [-0.1, -0.05) is 6.07 Å². The predicted octanol–water partition coefficient (Wildman–Crippen LogP) is 3.85. The molecule has 10 nitrogen and oxygen atoms in total. The van der Waals surface area contributed by atoms with Crippen LogP contribution < -0.4 is 10.1 Å². The minimum atomic E-state index is -0.582. The number of rotatable bonds is 9. The van der Waals surface area contributed by atoms with Gasteiger partial charge in [0.15, 0.2) is 17.5 Å². The molecule has 3 aromatic heterocycles. The lowest BCUT2D eigenvalue weighted by Gasteiger charge is -2.33. The highest BCUT2D eigenvalue weighted by Gasteiger charge is 2.26. The Morgan fingerprint density at radius 3 is 2.83 bits per heavy atom. The average Bonchev–Trinajstić information content (AvgIpc) is 3.39. The first-order valence-corrected chi connectivity index (χ1v) is 13.2. The van der Waals surface area contributed by atoms with Crippen LogP contribution in [0.5, 0.6) is 5.75 Å². The Labute approximate surface area is 232 Å². The molecule has 1 aliphatic rings. The minimum Gasteiger partial charge on any atom is -0.492 e. The second-order valence-corrected chi connectivity index (χ2v) is 9.98. The maximum Gasteiger partial charge on any atom is 0.236 e. The molecule has 0 spiro atoms. The van der Waals surface area contributed by atoms with Gasteiger partial charge in [-0.3, -0.25) is 4.79 Å². The lowest BCUT2D eigenvalue weighted by molar-refractivity contribution is -0.131. The van der Waals surface area contributed by atoms with Crippen molar-refractivity contribution in [2.75, 3.05) is 45.7 Å². The molecule has 5 rings (SSSR count). The number of likely N-dealkylation sites (N-methyl/N-ethyl adjacent to an activating group) is 1. The summed E-state index contributed by atoms with van der Waals surface area (Å²) in [5, 5.41) is 16.5. The molecule has 11 heteroatoms. The molecule has 0 bridgehead atoms. The van der Waals surface area contributed by atoms with Crippen molar-refractivity contribution < 1.29 is 13.9 Å². The molecule has 0 unspecified atom stereocenters. The number of nitriles is 1. The molecule has 1 aromatic carbocycles. The molecule has 4 aromatic rings. The third-order valence-corrected chi connectivity index (χ3v) is 6.80. The fourth-order valence-electron chi connectivity index (χ4n) is 4.71. The number of hydrogen-bond acceptors (Lipinski definition) is 8. The molecular formula is C29H31FN8O2. The first kappa shape index (κ1) is 27.0. The maximum absolute atomic E-state index is 16.0. The number of ether oxygens (including phenoxy) is 1. The summed E-state index contributed by atoms with van der Waals surface area (Å²) >= 11 is 0. The third-order valence-electron chi connectivity index (χ3n) is 6.80. The highest BCUT2D eigenvalue weighted by molar-refractivity contribution is 5.79. The summed E-state index contributed by atoms with van der Waals surface area (Å²) in [4.78, 5) is 25.2. The van der Waals surface area contributed by atoms with Gasteiger partial charge in [0.25, 0.3) is 0 Å². The van der Waals surface area contributed by atoms with E-state index in [1.54, 1.807) is 39.9 Å². The topological polar surface area (TPSA) is 112 Å². The largest absolute Gasteiger partial charge is 0.492 e. The molecule has 0 aliphatic carbocycles. The van der Waals surface area contributed by atoms with Crippen molar-refractivity contribution in [3.8, 4) is 34.5 Å². The molecule has 1 N–H and O–H groups in total. The van der Waals surface area contributed by atoms with E-state index in [0.29, 0.717) is 42.4 Å². The molecule has 1 amide bonds. The number of fused-ring (bicyclic) bond motifs is 1. The van der Waals surface area contributed by atoms with E-state index < -0.39 is 5.82 Å². The van der Waals surface area contributed by atoms with Gasteiger partial charge in [-0.2, -0.15) is 10.4 Å². The summed E-state index contributed by atoms with van der Waals surface area (Å²) in [5.74, 6) is 0.270. The van der Waals surface area contributed by atoms with Crippen molar-refractivity contribution in [1.29, 1.82) is 5.26 Å². The Morgan fingerprint density at radius 2 is 2.05 bits per heavy atom. The number of amides is 1. The Bertz CT molecular complexity index is 1530. The lowest BCUT2D eigenvalue weighted by atomic mass is 10.0. The van der Waals surface area contributed by atoms with Gasteiger partial charge in [0.05, 0.1) is 23.3 Å². The fraction of sp³-hybridized carbons (Fsp3) is 0.345. The molecule has 1 aliphatic heterocycles. The zero-order valence-corrected chi connectivity index (χ0v) is 22.5. The van der Waals surface area contributed by atoms with Gasteiger partial charge in [0, 0.05) is 37.4 Å². The summed E-state index contributed by atoms with van der Waals surface area (Å²) in [6.07, 6.45) is 4.80. The molecular weight excluding hydrogens is 511 g/mol. The van der Waals surface area contributed by atoms with E-state index in [1.165, 1.54) is 0 Å². The molecule has 1 fully saturated rings. The molecule has 1 atom stereocenters. The third kappa shape index (κ3) is 6.02.